The number of allylic oxidation sites excluding steroid dienone is 3. The Morgan fingerprint density at radius 2 is 1.91 bits per heavy atom. The van der Waals surface area contributed by atoms with Crippen LogP contribution in [0.1, 0.15) is 42.0 Å². The van der Waals surface area contributed by atoms with Crippen LogP contribution in [-0.4, -0.2) is 61.7 Å². The van der Waals surface area contributed by atoms with Crippen molar-refractivity contribution in [1.82, 2.24) is 14.8 Å². The summed E-state index contributed by atoms with van der Waals surface area (Å²) >= 11 is 0. The molecule has 0 bridgehead atoms. The van der Waals surface area contributed by atoms with Crippen LogP contribution in [0.4, 0.5) is 0 Å². The van der Waals surface area contributed by atoms with Gasteiger partial charge in [-0.3, -0.25) is 14.2 Å². The third-order valence-corrected chi connectivity index (χ3v) is 5.43. The zero-order valence-electron chi connectivity index (χ0n) is 19.9. The van der Waals surface area contributed by atoms with Crippen LogP contribution in [0.15, 0.2) is 59.9 Å². The monoisotopic (exact) mass is 451 g/mol. The average Bonchev–Trinajstić information content (AvgIpc) is 3.19. The summed E-state index contributed by atoms with van der Waals surface area (Å²) in [6, 6.07) is 7.22. The standard InChI is InChI=1S/C22H25N3O4.C4H8/c1-28-17-7-8-18-16(11-17)12-19-22(27)24(14-21(26)25(18)19)10-9-23-13-15-5-3-4-6-20(15)29-2;1-4(2)3/h3,5,7-8,11-12,23H,4,6,9-10,13-14H2,1-2H3;1H2,2-3H3. The second kappa shape index (κ2) is 11.0. The van der Waals surface area contributed by atoms with E-state index in [1.165, 1.54) is 10.1 Å². The summed E-state index contributed by atoms with van der Waals surface area (Å²) in [7, 11) is 3.29. The summed E-state index contributed by atoms with van der Waals surface area (Å²) in [5, 5.41) is 4.17. The maximum atomic E-state index is 12.9. The lowest BCUT2D eigenvalue weighted by Gasteiger charge is -2.27. The third-order valence-electron chi connectivity index (χ3n) is 5.43. The number of carbonyl (C=O) groups excluding carboxylic acids is 2. The van der Waals surface area contributed by atoms with E-state index in [0.29, 0.717) is 31.1 Å². The van der Waals surface area contributed by atoms with Crippen molar-refractivity contribution in [1.29, 1.82) is 0 Å². The molecule has 0 atom stereocenters. The second-order valence-corrected chi connectivity index (χ2v) is 8.39. The van der Waals surface area contributed by atoms with Crippen LogP contribution in [0.2, 0.25) is 0 Å². The summed E-state index contributed by atoms with van der Waals surface area (Å²) in [5.41, 5.74) is 3.44. The number of hydrogen-bond donors (Lipinski definition) is 1. The van der Waals surface area contributed by atoms with E-state index in [4.69, 9.17) is 9.47 Å². The van der Waals surface area contributed by atoms with E-state index in [1.807, 2.05) is 26.0 Å². The predicted molar refractivity (Wildman–Crippen MR) is 131 cm³/mol. The molecule has 0 radical (unpaired) electrons. The first kappa shape index (κ1) is 24.3. The fourth-order valence-electron chi connectivity index (χ4n) is 3.92. The van der Waals surface area contributed by atoms with Gasteiger partial charge in [-0.05, 0) is 44.5 Å². The van der Waals surface area contributed by atoms with Crippen molar-refractivity contribution in [3.05, 3.63) is 65.6 Å². The van der Waals surface area contributed by atoms with Crippen molar-refractivity contribution in [2.24, 2.45) is 0 Å². The predicted octanol–water partition coefficient (Wildman–Crippen LogP) is 4.17. The average molecular weight is 452 g/mol. The minimum Gasteiger partial charge on any atom is -0.501 e. The van der Waals surface area contributed by atoms with Gasteiger partial charge < -0.3 is 19.7 Å². The van der Waals surface area contributed by atoms with Gasteiger partial charge in [-0.15, -0.1) is 6.58 Å². The number of benzene rings is 1. The van der Waals surface area contributed by atoms with Gasteiger partial charge in [-0.25, -0.2) is 0 Å². The highest BCUT2D eigenvalue weighted by Gasteiger charge is 2.31. The quantitative estimate of drug-likeness (QED) is 0.505. The fourth-order valence-corrected chi connectivity index (χ4v) is 3.92. The van der Waals surface area contributed by atoms with Gasteiger partial charge in [0.2, 0.25) is 0 Å². The first-order valence-corrected chi connectivity index (χ1v) is 11.1. The van der Waals surface area contributed by atoms with E-state index < -0.39 is 0 Å². The number of aromatic nitrogens is 1. The molecule has 1 aliphatic heterocycles. The summed E-state index contributed by atoms with van der Waals surface area (Å²) < 4.78 is 12.2. The van der Waals surface area contributed by atoms with Crippen molar-refractivity contribution in [3.8, 4) is 5.75 Å². The van der Waals surface area contributed by atoms with Crippen molar-refractivity contribution in [3.63, 3.8) is 0 Å². The summed E-state index contributed by atoms with van der Waals surface area (Å²) in [6.07, 6.45) is 6.13. The normalized spacial score (nSPS) is 15.3. The van der Waals surface area contributed by atoms with E-state index in [1.54, 1.807) is 31.3 Å². The Hall–Kier alpha value is -3.32. The minimum absolute atomic E-state index is 0.0786. The van der Waals surface area contributed by atoms with Crippen LogP contribution in [0.25, 0.3) is 10.9 Å². The van der Waals surface area contributed by atoms with Crippen LogP contribution in [-0.2, 0) is 4.74 Å². The maximum absolute atomic E-state index is 12.9. The molecule has 0 saturated carbocycles. The molecule has 7 nitrogen and oxygen atoms in total. The molecule has 2 heterocycles. The SMILES string of the molecule is C=C(C)C.COC1=C(CNCCN2CC(=O)n3c(cc4cc(OC)ccc43)C2=O)C=CCC1. The zero-order valence-corrected chi connectivity index (χ0v) is 19.9. The van der Waals surface area contributed by atoms with Gasteiger partial charge in [0.15, 0.2) is 0 Å². The molecule has 0 spiro atoms. The molecule has 176 valence electrons. The number of ether oxygens (including phenoxy) is 2. The number of methoxy groups -OCH3 is 2. The molecular formula is C26H33N3O4. The van der Waals surface area contributed by atoms with Gasteiger partial charge in [0.1, 0.15) is 23.7 Å². The van der Waals surface area contributed by atoms with E-state index in [2.05, 4.69) is 24.0 Å². The lowest BCUT2D eigenvalue weighted by molar-refractivity contribution is 0.0625. The van der Waals surface area contributed by atoms with Crippen LogP contribution >= 0.6 is 0 Å². The fraction of sp³-hybridized carbons (Fsp3) is 0.385. The molecule has 0 saturated heterocycles. The summed E-state index contributed by atoms with van der Waals surface area (Å²) in [5.74, 6) is 1.47. The Morgan fingerprint density at radius 1 is 1.15 bits per heavy atom. The molecular weight excluding hydrogens is 418 g/mol. The molecule has 2 aromatic rings. The van der Waals surface area contributed by atoms with Crippen molar-refractivity contribution in [2.75, 3.05) is 40.4 Å². The Morgan fingerprint density at radius 3 is 2.61 bits per heavy atom. The molecule has 0 unspecified atom stereocenters. The number of hydrogen-bond acceptors (Lipinski definition) is 5. The van der Waals surface area contributed by atoms with E-state index in [0.717, 1.165) is 35.1 Å². The molecule has 7 heteroatoms. The van der Waals surface area contributed by atoms with Gasteiger partial charge in [-0.1, -0.05) is 17.7 Å². The Labute approximate surface area is 195 Å². The van der Waals surface area contributed by atoms with Gasteiger partial charge in [0.25, 0.3) is 11.8 Å². The minimum atomic E-state index is -0.129. The lowest BCUT2D eigenvalue weighted by Crippen LogP contribution is -2.46. The molecule has 1 aromatic carbocycles. The van der Waals surface area contributed by atoms with Gasteiger partial charge >= 0.3 is 0 Å². The summed E-state index contributed by atoms with van der Waals surface area (Å²) in [6.45, 7) is 9.32. The highest BCUT2D eigenvalue weighted by molar-refractivity contribution is 6.09. The first-order chi connectivity index (χ1) is 15.8. The molecule has 1 aliphatic carbocycles. The Bertz CT molecular complexity index is 1110. The van der Waals surface area contributed by atoms with Crippen LogP contribution in [0.5, 0.6) is 5.75 Å². The van der Waals surface area contributed by atoms with E-state index in [-0.39, 0.29) is 18.4 Å². The number of amides is 1. The Kier molecular flexibility index (Phi) is 8.11. The highest BCUT2D eigenvalue weighted by atomic mass is 16.5. The van der Waals surface area contributed by atoms with Gasteiger partial charge in [-0.2, -0.15) is 0 Å². The number of carbonyl (C=O) groups is 2. The number of fused-ring (bicyclic) bond motifs is 3. The molecule has 4 rings (SSSR count). The van der Waals surface area contributed by atoms with E-state index in [9.17, 15) is 9.59 Å². The number of nitrogens with zero attached hydrogens (tertiary/aromatic N) is 2. The van der Waals surface area contributed by atoms with Crippen LogP contribution in [0, 0.1) is 0 Å². The smallest absolute Gasteiger partial charge is 0.271 e. The van der Waals surface area contributed by atoms with Crippen LogP contribution in [0.3, 0.4) is 0 Å². The van der Waals surface area contributed by atoms with Crippen molar-refractivity contribution >= 4 is 22.7 Å². The van der Waals surface area contributed by atoms with Crippen LogP contribution < -0.4 is 10.1 Å². The maximum Gasteiger partial charge on any atom is 0.271 e. The van der Waals surface area contributed by atoms with E-state index >= 15 is 0 Å². The molecule has 1 aromatic heterocycles. The summed E-state index contributed by atoms with van der Waals surface area (Å²) in [4.78, 5) is 27.3. The highest BCUT2D eigenvalue weighted by Crippen LogP contribution is 2.27. The van der Waals surface area contributed by atoms with Gasteiger partial charge in [0, 0.05) is 37.0 Å². The molecule has 33 heavy (non-hydrogen) atoms. The van der Waals surface area contributed by atoms with Crippen molar-refractivity contribution < 1.29 is 19.1 Å². The third kappa shape index (κ3) is 5.73. The largest absolute Gasteiger partial charge is 0.501 e. The van der Waals surface area contributed by atoms with Gasteiger partial charge in [0.05, 0.1) is 19.7 Å². The molecule has 1 amide bonds. The number of nitrogens with one attached hydrogen (secondary N) is 1. The topological polar surface area (TPSA) is 72.8 Å². The zero-order chi connectivity index (χ0) is 24.0. The number of rotatable bonds is 7. The van der Waals surface area contributed by atoms with Crippen molar-refractivity contribution in [2.45, 2.75) is 26.7 Å². The lowest BCUT2D eigenvalue weighted by atomic mass is 10.1. The Balaban J connectivity index is 0.000000709. The molecule has 2 aliphatic rings. The second-order valence-electron chi connectivity index (χ2n) is 8.39. The first-order valence-electron chi connectivity index (χ1n) is 11.1. The molecule has 1 N–H and O–H groups in total. The molecule has 0 fully saturated rings.